The van der Waals surface area contributed by atoms with Gasteiger partial charge in [-0.15, -0.1) is 0 Å². The Bertz CT molecular complexity index is 1040. The highest BCUT2D eigenvalue weighted by molar-refractivity contribution is 5.91. The normalized spacial score (nSPS) is 21.6. The Hall–Kier alpha value is -2.81. The van der Waals surface area contributed by atoms with Gasteiger partial charge >= 0.3 is 12.2 Å². The predicted molar refractivity (Wildman–Crippen MR) is 105 cm³/mol. The maximum Gasteiger partial charge on any atom is 0.416 e. The van der Waals surface area contributed by atoms with E-state index in [1.165, 1.54) is 18.2 Å². The number of ether oxygens (including phenoxy) is 1. The molecule has 4 rings (SSSR count). The summed E-state index contributed by atoms with van der Waals surface area (Å²) in [5.41, 5.74) is 0.142. The van der Waals surface area contributed by atoms with Crippen molar-refractivity contribution in [2.45, 2.75) is 57.0 Å². The highest BCUT2D eigenvalue weighted by Gasteiger charge is 2.38. The fourth-order valence-corrected chi connectivity index (χ4v) is 4.25. The number of carbonyl (C=O) groups is 1. The summed E-state index contributed by atoms with van der Waals surface area (Å²) >= 11 is 0. The number of hydrogen-bond acceptors (Lipinski definition) is 3. The second-order valence-electron chi connectivity index (χ2n) is 8.58. The zero-order valence-corrected chi connectivity index (χ0v) is 16.9. The van der Waals surface area contributed by atoms with Crippen LogP contribution in [0.25, 0.3) is 0 Å². The number of hydrogen-bond donors (Lipinski definition) is 3. The lowest BCUT2D eigenvalue weighted by Gasteiger charge is -2.38. The van der Waals surface area contributed by atoms with Crippen LogP contribution < -0.4 is 15.4 Å². The van der Waals surface area contributed by atoms with Gasteiger partial charge in [0.05, 0.1) is 17.7 Å². The molecule has 0 radical (unpaired) electrons. The zero-order chi connectivity index (χ0) is 22.6. The highest BCUT2D eigenvalue weighted by Crippen LogP contribution is 2.42. The van der Waals surface area contributed by atoms with Crippen molar-refractivity contribution in [2.24, 2.45) is 0 Å². The fourth-order valence-electron chi connectivity index (χ4n) is 4.25. The molecule has 3 N–H and O–H groups in total. The first-order valence-corrected chi connectivity index (χ1v) is 9.89. The van der Waals surface area contributed by atoms with Crippen LogP contribution in [0.15, 0.2) is 30.3 Å². The molecule has 0 saturated heterocycles. The van der Waals surface area contributed by atoms with Gasteiger partial charge in [0.2, 0.25) is 0 Å². The number of amides is 2. The maximum atomic E-state index is 14.0. The first-order valence-electron chi connectivity index (χ1n) is 9.89. The summed E-state index contributed by atoms with van der Waals surface area (Å²) in [6, 6.07) is 4.72. The van der Waals surface area contributed by atoms with Gasteiger partial charge in [0.15, 0.2) is 0 Å². The van der Waals surface area contributed by atoms with Gasteiger partial charge in [0, 0.05) is 30.5 Å². The third-order valence-electron chi connectivity index (χ3n) is 5.61. The van der Waals surface area contributed by atoms with Gasteiger partial charge in [-0.2, -0.15) is 13.2 Å². The smallest absolute Gasteiger partial charge is 0.416 e. The van der Waals surface area contributed by atoms with Crippen molar-refractivity contribution < 1.29 is 32.2 Å². The van der Waals surface area contributed by atoms with E-state index in [2.05, 4.69) is 10.6 Å². The molecule has 2 aromatic rings. The Labute approximate surface area is 176 Å². The van der Waals surface area contributed by atoms with E-state index in [-0.39, 0.29) is 18.6 Å². The number of alkyl halides is 3. The first kappa shape index (κ1) is 21.4. The van der Waals surface area contributed by atoms with Gasteiger partial charge < -0.3 is 20.5 Å². The van der Waals surface area contributed by atoms with Gasteiger partial charge in [-0.25, -0.2) is 9.18 Å². The molecule has 31 heavy (non-hydrogen) atoms. The Morgan fingerprint density at radius 1 is 1.16 bits per heavy atom. The lowest BCUT2D eigenvalue weighted by molar-refractivity contribution is -0.137. The Morgan fingerprint density at radius 3 is 2.58 bits per heavy atom. The van der Waals surface area contributed by atoms with Crippen LogP contribution in [0.1, 0.15) is 48.6 Å². The van der Waals surface area contributed by atoms with Gasteiger partial charge in [-0.05, 0) is 49.2 Å². The lowest BCUT2D eigenvalue weighted by Crippen LogP contribution is -2.42. The molecule has 0 spiro atoms. The molecule has 0 aromatic heterocycles. The van der Waals surface area contributed by atoms with Gasteiger partial charge in [-0.3, -0.25) is 0 Å². The highest BCUT2D eigenvalue weighted by atomic mass is 19.4. The summed E-state index contributed by atoms with van der Waals surface area (Å²) in [5.74, 6) is -0.361. The Balaban J connectivity index is 1.56. The van der Waals surface area contributed by atoms with Crippen LogP contribution in [0, 0.1) is 5.82 Å². The fraction of sp³-hybridized carbons (Fsp3) is 0.409. The van der Waals surface area contributed by atoms with Crippen LogP contribution in [0.3, 0.4) is 0 Å². The summed E-state index contributed by atoms with van der Waals surface area (Å²) in [6.45, 7) is 3.47. The topological polar surface area (TPSA) is 70.6 Å². The van der Waals surface area contributed by atoms with Gasteiger partial charge in [0.1, 0.15) is 17.2 Å². The van der Waals surface area contributed by atoms with Gasteiger partial charge in [-0.1, -0.05) is 6.07 Å². The number of aliphatic hydroxyl groups excluding tert-OH is 1. The number of halogens is 4. The molecule has 1 heterocycles. The first-order chi connectivity index (χ1) is 14.4. The van der Waals surface area contributed by atoms with Crippen molar-refractivity contribution in [3.8, 4) is 5.75 Å². The Morgan fingerprint density at radius 2 is 1.87 bits per heavy atom. The Kier molecular flexibility index (Phi) is 5.12. The zero-order valence-electron chi connectivity index (χ0n) is 16.9. The second kappa shape index (κ2) is 7.40. The van der Waals surface area contributed by atoms with Crippen LogP contribution in [-0.2, 0) is 19.0 Å². The lowest BCUT2D eigenvalue weighted by atomic mass is 9.89. The van der Waals surface area contributed by atoms with Crippen molar-refractivity contribution >= 4 is 11.7 Å². The minimum atomic E-state index is -4.51. The molecule has 2 aromatic carbocycles. The van der Waals surface area contributed by atoms with E-state index in [0.29, 0.717) is 28.8 Å². The summed E-state index contributed by atoms with van der Waals surface area (Å²) in [4.78, 5) is 12.7. The van der Waals surface area contributed by atoms with E-state index in [9.17, 15) is 27.5 Å². The number of benzene rings is 2. The maximum absolute atomic E-state index is 14.0. The average molecular weight is 438 g/mol. The molecule has 2 atom stereocenters. The van der Waals surface area contributed by atoms with Gasteiger partial charge in [0.25, 0.3) is 0 Å². The summed E-state index contributed by atoms with van der Waals surface area (Å²) in [7, 11) is 0. The molecule has 0 unspecified atom stereocenters. The molecule has 2 aliphatic rings. The minimum Gasteiger partial charge on any atom is -0.487 e. The number of aliphatic hydroxyl groups is 1. The largest absolute Gasteiger partial charge is 0.487 e. The monoisotopic (exact) mass is 438 g/mol. The van der Waals surface area contributed by atoms with Crippen molar-refractivity contribution in [1.29, 1.82) is 0 Å². The van der Waals surface area contributed by atoms with Crippen LogP contribution in [0.4, 0.5) is 28.0 Å². The predicted octanol–water partition coefficient (Wildman–Crippen LogP) is 4.73. The molecule has 0 bridgehead atoms. The van der Waals surface area contributed by atoms with Crippen molar-refractivity contribution in [1.82, 2.24) is 5.32 Å². The molecule has 166 valence electrons. The van der Waals surface area contributed by atoms with E-state index in [1.54, 1.807) is 13.8 Å². The molecular formula is C22H22F4N2O3. The molecule has 9 heteroatoms. The SMILES string of the molecule is CC1(C)C[C@@H](NC(=O)Nc2ccc(F)c3c2C[C@H](O)C3)c2ccc(C(F)(F)F)cc2O1. The quantitative estimate of drug-likeness (QED) is 0.594. The third-order valence-corrected chi connectivity index (χ3v) is 5.61. The number of fused-ring (bicyclic) bond motifs is 2. The number of urea groups is 1. The number of rotatable bonds is 2. The number of anilines is 1. The molecule has 1 aliphatic heterocycles. The van der Waals surface area contributed by atoms with Crippen LogP contribution in [-0.4, -0.2) is 22.8 Å². The van der Waals surface area contributed by atoms with Crippen molar-refractivity contribution in [3.05, 3.63) is 58.4 Å². The average Bonchev–Trinajstić information content (AvgIpc) is 3.04. The molecule has 5 nitrogen and oxygen atoms in total. The van der Waals surface area contributed by atoms with E-state index in [4.69, 9.17) is 4.74 Å². The molecule has 0 saturated carbocycles. The minimum absolute atomic E-state index is 0.0715. The van der Waals surface area contributed by atoms with Crippen molar-refractivity contribution in [2.75, 3.05) is 5.32 Å². The summed E-state index contributed by atoms with van der Waals surface area (Å²) in [5, 5.41) is 15.3. The van der Waals surface area contributed by atoms with Crippen LogP contribution >= 0.6 is 0 Å². The van der Waals surface area contributed by atoms with E-state index >= 15 is 0 Å². The van der Waals surface area contributed by atoms with Crippen LogP contribution in [0.5, 0.6) is 5.75 Å². The van der Waals surface area contributed by atoms with E-state index in [1.807, 2.05) is 0 Å². The molecule has 1 aliphatic carbocycles. The summed E-state index contributed by atoms with van der Waals surface area (Å²) < 4.78 is 59.0. The molecule has 0 fully saturated rings. The standard InChI is InChI=1S/C22H22F4N2O3/c1-21(2)10-18(13-4-3-11(22(24,25)26)7-19(13)31-21)28-20(30)27-17-6-5-16(23)14-8-12(29)9-15(14)17/h3-7,12,18,29H,8-10H2,1-2H3,(H2,27,28,30)/t12-,18-/m1/s1. The second-order valence-corrected chi connectivity index (χ2v) is 8.58. The molecule has 2 amide bonds. The summed E-state index contributed by atoms with van der Waals surface area (Å²) in [6.07, 6.45) is -4.45. The number of nitrogens with one attached hydrogen (secondary N) is 2. The van der Waals surface area contributed by atoms with Crippen LogP contribution in [0.2, 0.25) is 0 Å². The van der Waals surface area contributed by atoms with E-state index < -0.39 is 41.3 Å². The molecular weight excluding hydrogens is 416 g/mol. The third kappa shape index (κ3) is 4.32. The number of carbonyl (C=O) groups excluding carboxylic acids is 1. The van der Waals surface area contributed by atoms with E-state index in [0.717, 1.165) is 12.1 Å². The van der Waals surface area contributed by atoms with Crippen molar-refractivity contribution in [3.63, 3.8) is 0 Å².